The van der Waals surface area contributed by atoms with Gasteiger partial charge < -0.3 is 15.5 Å². The lowest BCUT2D eigenvalue weighted by atomic mass is 9.85. The van der Waals surface area contributed by atoms with Crippen LogP contribution < -0.4 is 5.32 Å². The van der Waals surface area contributed by atoms with Crippen molar-refractivity contribution < 1.29 is 19.8 Å². The average molecular weight is 259 g/mol. The molecule has 1 unspecified atom stereocenters. The molecule has 3 N–H and O–H groups in total. The maximum atomic E-state index is 11.8. The second-order valence-corrected chi connectivity index (χ2v) is 5.84. The number of aliphatic hydroxyl groups is 1. The summed E-state index contributed by atoms with van der Waals surface area (Å²) in [6, 6.07) is -0.0665. The molecule has 0 aromatic carbocycles. The monoisotopic (exact) mass is 259 g/mol. The van der Waals surface area contributed by atoms with Gasteiger partial charge in [0.25, 0.3) is 0 Å². The van der Waals surface area contributed by atoms with E-state index in [0.717, 1.165) is 0 Å². The molecule has 0 aromatic rings. The summed E-state index contributed by atoms with van der Waals surface area (Å²) in [6.07, 6.45) is 0.656. The number of carboxylic acids is 1. The van der Waals surface area contributed by atoms with Crippen LogP contribution in [0.25, 0.3) is 0 Å². The molecule has 0 bridgehead atoms. The highest BCUT2D eigenvalue weighted by Gasteiger charge is 2.26. The zero-order chi connectivity index (χ0) is 14.3. The summed E-state index contributed by atoms with van der Waals surface area (Å²) < 4.78 is 0. The lowest BCUT2D eigenvalue weighted by Gasteiger charge is -2.26. The van der Waals surface area contributed by atoms with E-state index in [-0.39, 0.29) is 37.3 Å². The van der Waals surface area contributed by atoms with E-state index in [1.807, 2.05) is 13.8 Å². The quantitative estimate of drug-likeness (QED) is 0.615. The number of rotatable bonds is 8. The molecule has 0 aliphatic rings. The van der Waals surface area contributed by atoms with E-state index in [9.17, 15) is 9.59 Å². The normalized spacial score (nSPS) is 13.4. The van der Waals surface area contributed by atoms with Crippen LogP contribution in [-0.2, 0) is 9.59 Å². The van der Waals surface area contributed by atoms with Crippen molar-refractivity contribution in [3.8, 4) is 0 Å². The minimum absolute atomic E-state index is 0.0294. The van der Waals surface area contributed by atoms with Crippen LogP contribution in [0.3, 0.4) is 0 Å². The summed E-state index contributed by atoms with van der Waals surface area (Å²) in [7, 11) is 0. The van der Waals surface area contributed by atoms with Gasteiger partial charge in [0, 0.05) is 19.1 Å². The van der Waals surface area contributed by atoms with Gasteiger partial charge in [0.2, 0.25) is 5.91 Å². The highest BCUT2D eigenvalue weighted by atomic mass is 16.4. The summed E-state index contributed by atoms with van der Waals surface area (Å²) in [6.45, 7) is 7.50. The molecule has 5 nitrogen and oxygen atoms in total. The number of aliphatic hydroxyl groups excluding tert-OH is 1. The number of aliphatic carboxylic acids is 1. The summed E-state index contributed by atoms with van der Waals surface area (Å²) in [5, 5.41) is 20.5. The Morgan fingerprint density at radius 3 is 2.17 bits per heavy atom. The average Bonchev–Trinajstić information content (AvgIpc) is 2.13. The van der Waals surface area contributed by atoms with Gasteiger partial charge in [-0.05, 0) is 17.8 Å². The highest BCUT2D eigenvalue weighted by molar-refractivity contribution is 5.78. The lowest BCUT2D eigenvalue weighted by molar-refractivity contribution is -0.139. The van der Waals surface area contributed by atoms with Crippen molar-refractivity contribution in [2.75, 3.05) is 6.61 Å². The molecule has 0 aliphatic heterocycles. The van der Waals surface area contributed by atoms with Crippen molar-refractivity contribution in [2.24, 2.45) is 11.3 Å². The van der Waals surface area contributed by atoms with Gasteiger partial charge in [-0.3, -0.25) is 9.59 Å². The summed E-state index contributed by atoms with van der Waals surface area (Å²) in [4.78, 5) is 22.5. The molecule has 1 amide bonds. The molecule has 106 valence electrons. The molecule has 0 aromatic heterocycles. The van der Waals surface area contributed by atoms with Gasteiger partial charge in [0.15, 0.2) is 0 Å². The third-order valence-corrected chi connectivity index (χ3v) is 2.86. The first kappa shape index (κ1) is 16.9. The fraction of sp³-hybridized carbons (Fsp3) is 0.846. The zero-order valence-electron chi connectivity index (χ0n) is 11.7. The predicted octanol–water partition coefficient (Wildman–Crippen LogP) is 1.40. The van der Waals surface area contributed by atoms with E-state index in [4.69, 9.17) is 10.2 Å². The van der Waals surface area contributed by atoms with E-state index >= 15 is 0 Å². The van der Waals surface area contributed by atoms with Gasteiger partial charge in [0.1, 0.15) is 0 Å². The maximum Gasteiger partial charge on any atom is 0.303 e. The van der Waals surface area contributed by atoms with Gasteiger partial charge in [-0.2, -0.15) is 0 Å². The third kappa shape index (κ3) is 7.27. The van der Waals surface area contributed by atoms with Crippen molar-refractivity contribution >= 4 is 11.9 Å². The van der Waals surface area contributed by atoms with Crippen LogP contribution in [-0.4, -0.2) is 34.7 Å². The van der Waals surface area contributed by atoms with Crippen molar-refractivity contribution in [3.05, 3.63) is 0 Å². The minimum Gasteiger partial charge on any atom is -0.481 e. The number of carbonyl (C=O) groups is 2. The van der Waals surface area contributed by atoms with Crippen LogP contribution in [0.1, 0.15) is 47.0 Å². The smallest absolute Gasteiger partial charge is 0.303 e. The molecule has 0 spiro atoms. The van der Waals surface area contributed by atoms with Gasteiger partial charge >= 0.3 is 5.97 Å². The Labute approximate surface area is 109 Å². The van der Waals surface area contributed by atoms with E-state index in [2.05, 4.69) is 5.32 Å². The van der Waals surface area contributed by atoms with Crippen molar-refractivity contribution in [1.29, 1.82) is 0 Å². The number of carbonyl (C=O) groups excluding carboxylic acids is 1. The van der Waals surface area contributed by atoms with Crippen LogP contribution in [0.2, 0.25) is 0 Å². The Morgan fingerprint density at radius 2 is 1.78 bits per heavy atom. The zero-order valence-corrected chi connectivity index (χ0v) is 11.7. The largest absolute Gasteiger partial charge is 0.481 e. The first-order chi connectivity index (χ1) is 8.18. The van der Waals surface area contributed by atoms with Crippen LogP contribution in [0.4, 0.5) is 0 Å². The summed E-state index contributed by atoms with van der Waals surface area (Å²) in [5.74, 6) is -0.819. The third-order valence-electron chi connectivity index (χ3n) is 2.86. The van der Waals surface area contributed by atoms with E-state index in [1.54, 1.807) is 13.8 Å². The molecule has 0 aliphatic carbocycles. The Balaban J connectivity index is 4.35. The van der Waals surface area contributed by atoms with E-state index in [0.29, 0.717) is 6.42 Å². The lowest BCUT2D eigenvalue weighted by Crippen LogP contribution is -2.41. The Bertz CT molecular complexity index is 287. The molecule has 0 saturated heterocycles. The predicted molar refractivity (Wildman–Crippen MR) is 69.1 cm³/mol. The summed E-state index contributed by atoms with van der Waals surface area (Å²) >= 11 is 0. The second kappa shape index (κ2) is 7.36. The maximum absolute atomic E-state index is 11.8. The first-order valence-electron chi connectivity index (χ1n) is 6.30. The molecule has 18 heavy (non-hydrogen) atoms. The standard InChI is InChI=1S/C13H25NO4/c1-9(2)10(5-6-15)14-11(16)7-13(3,4)8-12(17)18/h9-10,15H,5-8H2,1-4H3,(H,14,16)(H,17,18). The van der Waals surface area contributed by atoms with Gasteiger partial charge in [-0.1, -0.05) is 27.7 Å². The number of hydrogen-bond acceptors (Lipinski definition) is 3. The SMILES string of the molecule is CC(C)C(CCO)NC(=O)CC(C)(C)CC(=O)O. The fourth-order valence-corrected chi connectivity index (χ4v) is 1.88. The van der Waals surface area contributed by atoms with Crippen LogP contribution in [0.5, 0.6) is 0 Å². The molecule has 0 saturated carbocycles. The van der Waals surface area contributed by atoms with Gasteiger partial charge in [-0.25, -0.2) is 0 Å². The van der Waals surface area contributed by atoms with Crippen LogP contribution in [0, 0.1) is 11.3 Å². The molecule has 5 heteroatoms. The highest BCUT2D eigenvalue weighted by Crippen LogP contribution is 2.25. The molecule has 0 fully saturated rings. The molecule has 0 radical (unpaired) electrons. The molecular formula is C13H25NO4. The van der Waals surface area contributed by atoms with Crippen LogP contribution >= 0.6 is 0 Å². The number of nitrogens with one attached hydrogen (secondary N) is 1. The Morgan fingerprint density at radius 1 is 1.22 bits per heavy atom. The Hall–Kier alpha value is -1.10. The fourth-order valence-electron chi connectivity index (χ4n) is 1.88. The van der Waals surface area contributed by atoms with Crippen LogP contribution in [0.15, 0.2) is 0 Å². The molecule has 0 heterocycles. The van der Waals surface area contributed by atoms with Crippen molar-refractivity contribution in [3.63, 3.8) is 0 Å². The minimum atomic E-state index is -0.899. The van der Waals surface area contributed by atoms with E-state index < -0.39 is 11.4 Å². The second-order valence-electron chi connectivity index (χ2n) is 5.84. The first-order valence-corrected chi connectivity index (χ1v) is 6.30. The number of hydrogen-bond donors (Lipinski definition) is 3. The molecule has 1 atom stereocenters. The number of carboxylic acid groups (broad SMARTS) is 1. The van der Waals surface area contributed by atoms with E-state index in [1.165, 1.54) is 0 Å². The molecular weight excluding hydrogens is 234 g/mol. The summed E-state index contributed by atoms with van der Waals surface area (Å²) in [5.41, 5.74) is -0.559. The van der Waals surface area contributed by atoms with Gasteiger partial charge in [0.05, 0.1) is 6.42 Å². The van der Waals surface area contributed by atoms with Gasteiger partial charge in [-0.15, -0.1) is 0 Å². The molecule has 0 rings (SSSR count). The van der Waals surface area contributed by atoms with Crippen molar-refractivity contribution in [1.82, 2.24) is 5.32 Å². The number of amides is 1. The Kier molecular flexibility index (Phi) is 6.91. The van der Waals surface area contributed by atoms with Crippen molar-refractivity contribution in [2.45, 2.75) is 53.0 Å². The topological polar surface area (TPSA) is 86.6 Å².